The zero-order valence-electron chi connectivity index (χ0n) is 15.0. The summed E-state index contributed by atoms with van der Waals surface area (Å²) in [4.78, 5) is 24.9. The number of amides is 1. The maximum absolute atomic E-state index is 12.3. The monoisotopic (exact) mass is 396 g/mol. The molecule has 1 aromatic carbocycles. The van der Waals surface area contributed by atoms with Crippen molar-refractivity contribution >= 4 is 39.8 Å². The number of ether oxygens (including phenoxy) is 1. The van der Waals surface area contributed by atoms with Crippen LogP contribution in [0.1, 0.15) is 51.0 Å². The van der Waals surface area contributed by atoms with Crippen LogP contribution in [0.25, 0.3) is 0 Å². The van der Waals surface area contributed by atoms with E-state index in [0.717, 1.165) is 16.9 Å². The van der Waals surface area contributed by atoms with E-state index < -0.39 is 5.97 Å². The van der Waals surface area contributed by atoms with Crippen LogP contribution < -0.4 is 16.4 Å². The van der Waals surface area contributed by atoms with Gasteiger partial charge >= 0.3 is 5.97 Å². The van der Waals surface area contributed by atoms with Gasteiger partial charge in [0.1, 0.15) is 28.0 Å². The molecular weight excluding hydrogens is 374 g/mol. The Morgan fingerprint density at radius 2 is 2.00 bits per heavy atom. The fraction of sp³-hybridized carbons (Fsp3) is 0.333. The summed E-state index contributed by atoms with van der Waals surface area (Å²) in [7, 11) is 1.55. The van der Waals surface area contributed by atoms with E-state index >= 15 is 0 Å². The summed E-state index contributed by atoms with van der Waals surface area (Å²) >= 11 is 7.04. The Labute approximate surface area is 161 Å². The third kappa shape index (κ3) is 4.55. The molecule has 1 aromatic heterocycles. The van der Waals surface area contributed by atoms with Crippen molar-refractivity contribution in [3.63, 3.8) is 0 Å². The van der Waals surface area contributed by atoms with E-state index in [4.69, 9.17) is 22.1 Å². The largest absolute Gasteiger partial charge is 0.462 e. The Balaban J connectivity index is 2.29. The summed E-state index contributed by atoms with van der Waals surface area (Å²) < 4.78 is 5.11. The van der Waals surface area contributed by atoms with E-state index in [1.54, 1.807) is 14.0 Å². The topological polar surface area (TPSA) is 98.0 Å². The molecule has 0 spiro atoms. The Morgan fingerprint density at radius 3 is 2.58 bits per heavy atom. The molecule has 0 radical (unpaired) electrons. The molecule has 2 aromatic rings. The molecule has 140 valence electrons. The number of halogens is 1. The van der Waals surface area contributed by atoms with Crippen LogP contribution in [0.2, 0.25) is 5.02 Å². The summed E-state index contributed by atoms with van der Waals surface area (Å²) in [5, 5.41) is 5.61. The number of nitrogen functional groups attached to an aromatic ring is 1. The van der Waals surface area contributed by atoms with Gasteiger partial charge < -0.3 is 21.1 Å². The van der Waals surface area contributed by atoms with Crippen molar-refractivity contribution in [3.8, 4) is 0 Å². The standard InChI is InChI=1S/C18H22ClN3O3S/c1-4-25-18(24)14-13(15(17(23)21-3)26-16(14)20)9-22-10(2)11-5-7-12(19)8-6-11/h5-8,10,22H,4,9,20H2,1-3H3,(H,21,23)/p+1/t10-/m1/s1. The lowest BCUT2D eigenvalue weighted by Crippen LogP contribution is -2.83. The van der Waals surface area contributed by atoms with Crippen molar-refractivity contribution in [2.45, 2.75) is 26.4 Å². The number of esters is 1. The fourth-order valence-electron chi connectivity index (χ4n) is 2.60. The van der Waals surface area contributed by atoms with Gasteiger partial charge in [0.15, 0.2) is 0 Å². The van der Waals surface area contributed by atoms with Crippen molar-refractivity contribution in [2.24, 2.45) is 0 Å². The number of nitrogens with two attached hydrogens (primary N) is 2. The zero-order valence-corrected chi connectivity index (χ0v) is 16.5. The number of carbonyl (C=O) groups excluding carboxylic acids is 2. The molecule has 8 heteroatoms. The molecule has 1 heterocycles. The average molecular weight is 397 g/mol. The van der Waals surface area contributed by atoms with Gasteiger partial charge in [-0.25, -0.2) is 4.79 Å². The first kappa shape index (κ1) is 20.2. The fourth-order valence-corrected chi connectivity index (χ4v) is 3.76. The highest BCUT2D eigenvalue weighted by Gasteiger charge is 2.28. The Hall–Kier alpha value is -2.09. The predicted molar refractivity (Wildman–Crippen MR) is 104 cm³/mol. The number of thiophene rings is 1. The van der Waals surface area contributed by atoms with Gasteiger partial charge in [-0.2, -0.15) is 0 Å². The first-order chi connectivity index (χ1) is 12.4. The molecule has 0 saturated carbocycles. The molecule has 0 aliphatic rings. The summed E-state index contributed by atoms with van der Waals surface area (Å²) in [5.74, 6) is -0.765. The van der Waals surface area contributed by atoms with Crippen LogP contribution >= 0.6 is 22.9 Å². The number of quaternary nitrogens is 1. The van der Waals surface area contributed by atoms with E-state index in [2.05, 4.69) is 5.32 Å². The van der Waals surface area contributed by atoms with Crippen LogP contribution in [-0.4, -0.2) is 25.5 Å². The third-order valence-corrected chi connectivity index (χ3v) is 5.33. The van der Waals surface area contributed by atoms with E-state index in [0.29, 0.717) is 27.0 Å². The van der Waals surface area contributed by atoms with Crippen LogP contribution in [-0.2, 0) is 11.3 Å². The average Bonchev–Trinajstić information content (AvgIpc) is 2.96. The number of hydrogen-bond donors (Lipinski definition) is 3. The lowest BCUT2D eigenvalue weighted by Gasteiger charge is -2.13. The molecule has 5 N–H and O–H groups in total. The van der Waals surface area contributed by atoms with E-state index in [1.165, 1.54) is 0 Å². The molecule has 0 aliphatic heterocycles. The Bertz CT molecular complexity index is 790. The van der Waals surface area contributed by atoms with Gasteiger partial charge in [0.25, 0.3) is 5.91 Å². The Kier molecular flexibility index (Phi) is 7.02. The molecule has 0 unspecified atom stereocenters. The second kappa shape index (κ2) is 9.02. The van der Waals surface area contributed by atoms with Gasteiger partial charge in [0.05, 0.1) is 6.61 Å². The van der Waals surface area contributed by atoms with Gasteiger partial charge in [-0.1, -0.05) is 23.7 Å². The first-order valence-electron chi connectivity index (χ1n) is 8.28. The summed E-state index contributed by atoms with van der Waals surface area (Å²) in [6.07, 6.45) is 0. The number of rotatable bonds is 7. The molecule has 2 rings (SSSR count). The molecule has 0 fully saturated rings. The first-order valence-corrected chi connectivity index (χ1v) is 9.47. The summed E-state index contributed by atoms with van der Waals surface area (Å²) in [6.45, 7) is 4.44. The molecular formula is C18H23ClN3O3S+. The highest BCUT2D eigenvalue weighted by Crippen LogP contribution is 2.31. The van der Waals surface area contributed by atoms with Gasteiger partial charge in [-0.15, -0.1) is 11.3 Å². The second-order valence-electron chi connectivity index (χ2n) is 5.73. The lowest BCUT2D eigenvalue weighted by atomic mass is 10.1. The molecule has 0 bridgehead atoms. The van der Waals surface area contributed by atoms with Crippen LogP contribution in [0.5, 0.6) is 0 Å². The van der Waals surface area contributed by atoms with E-state index in [1.807, 2.05) is 36.5 Å². The molecule has 1 amide bonds. The van der Waals surface area contributed by atoms with Gasteiger partial charge in [0, 0.05) is 23.2 Å². The summed E-state index contributed by atoms with van der Waals surface area (Å²) in [5.41, 5.74) is 7.99. The van der Waals surface area contributed by atoms with Gasteiger partial charge in [-0.3, -0.25) is 4.79 Å². The van der Waals surface area contributed by atoms with Crippen molar-refractivity contribution in [2.75, 3.05) is 19.4 Å². The number of anilines is 1. The summed E-state index contributed by atoms with van der Waals surface area (Å²) in [6, 6.07) is 7.70. The minimum Gasteiger partial charge on any atom is -0.462 e. The molecule has 1 atom stereocenters. The molecule has 26 heavy (non-hydrogen) atoms. The maximum Gasteiger partial charge on any atom is 0.341 e. The highest BCUT2D eigenvalue weighted by molar-refractivity contribution is 7.18. The van der Waals surface area contributed by atoms with Crippen molar-refractivity contribution in [3.05, 3.63) is 50.9 Å². The lowest BCUT2D eigenvalue weighted by molar-refractivity contribution is -0.707. The minimum atomic E-state index is -0.501. The van der Waals surface area contributed by atoms with Gasteiger partial charge in [0.2, 0.25) is 0 Å². The number of nitrogens with one attached hydrogen (secondary N) is 1. The van der Waals surface area contributed by atoms with Crippen molar-refractivity contribution in [1.82, 2.24) is 5.32 Å². The molecule has 6 nitrogen and oxygen atoms in total. The molecule has 0 aliphatic carbocycles. The number of carbonyl (C=O) groups is 2. The van der Waals surface area contributed by atoms with Crippen molar-refractivity contribution in [1.29, 1.82) is 0 Å². The van der Waals surface area contributed by atoms with Crippen LogP contribution in [0, 0.1) is 0 Å². The predicted octanol–water partition coefficient (Wildman–Crippen LogP) is 2.34. The molecule has 0 saturated heterocycles. The van der Waals surface area contributed by atoms with Crippen LogP contribution in [0.3, 0.4) is 0 Å². The quantitative estimate of drug-likeness (QED) is 0.625. The second-order valence-corrected chi connectivity index (χ2v) is 7.22. The SMILES string of the molecule is CCOC(=O)c1c(N)sc(C(=O)NC)c1C[NH2+][C@H](C)c1ccc(Cl)cc1. The normalized spacial score (nSPS) is 11.8. The smallest absolute Gasteiger partial charge is 0.341 e. The number of benzene rings is 1. The number of hydrogen-bond acceptors (Lipinski definition) is 5. The van der Waals surface area contributed by atoms with E-state index in [9.17, 15) is 9.59 Å². The van der Waals surface area contributed by atoms with Crippen LogP contribution in [0.4, 0.5) is 5.00 Å². The minimum absolute atomic E-state index is 0.112. The van der Waals surface area contributed by atoms with Gasteiger partial charge in [-0.05, 0) is 26.0 Å². The Morgan fingerprint density at radius 1 is 1.35 bits per heavy atom. The maximum atomic E-state index is 12.3. The third-order valence-electron chi connectivity index (χ3n) is 4.02. The highest BCUT2D eigenvalue weighted by atomic mass is 35.5. The van der Waals surface area contributed by atoms with Crippen molar-refractivity contribution < 1.29 is 19.6 Å². The van der Waals surface area contributed by atoms with Crippen LogP contribution in [0.15, 0.2) is 24.3 Å². The van der Waals surface area contributed by atoms with E-state index in [-0.39, 0.29) is 24.1 Å². The zero-order chi connectivity index (χ0) is 19.3.